The molecule has 0 unspecified atom stereocenters. The molecular weight excluding hydrogens is 458 g/mol. The number of hydrogen-bond acceptors (Lipinski definition) is 5. The molecule has 0 radical (unpaired) electrons. The Labute approximate surface area is 183 Å². The van der Waals surface area contributed by atoms with E-state index >= 15 is 0 Å². The van der Waals surface area contributed by atoms with Gasteiger partial charge >= 0.3 is 5.97 Å². The molecule has 0 atom stereocenters. The van der Waals surface area contributed by atoms with E-state index in [4.69, 9.17) is 27.9 Å². The molecule has 2 aromatic carbocycles. The molecule has 0 saturated carbocycles. The number of sulfonamides is 1. The predicted molar refractivity (Wildman–Crippen MR) is 112 cm³/mol. The van der Waals surface area contributed by atoms with E-state index in [1.165, 1.54) is 22.5 Å². The Bertz CT molecular complexity index is 1060. The highest BCUT2D eigenvalue weighted by atomic mass is 35.5. The van der Waals surface area contributed by atoms with Gasteiger partial charge in [0.2, 0.25) is 10.0 Å². The van der Waals surface area contributed by atoms with Crippen molar-refractivity contribution < 1.29 is 27.1 Å². The van der Waals surface area contributed by atoms with E-state index in [1.807, 2.05) is 0 Å². The zero-order valence-electron chi connectivity index (χ0n) is 16.1. The largest absolute Gasteiger partial charge is 0.452 e. The molecule has 11 heteroatoms. The predicted octanol–water partition coefficient (Wildman–Crippen LogP) is 3.96. The molecule has 2 rings (SSSR count). The molecule has 0 aliphatic heterocycles. The molecule has 0 heterocycles. The summed E-state index contributed by atoms with van der Waals surface area (Å²) in [6, 6.07) is 7.06. The van der Waals surface area contributed by atoms with E-state index < -0.39 is 34.3 Å². The van der Waals surface area contributed by atoms with Crippen molar-refractivity contribution in [1.82, 2.24) is 4.31 Å². The number of esters is 1. The summed E-state index contributed by atoms with van der Waals surface area (Å²) >= 11 is 11.8. The molecule has 0 spiro atoms. The molecule has 2 aromatic rings. The Balaban J connectivity index is 2.11. The van der Waals surface area contributed by atoms with Crippen molar-refractivity contribution in [2.24, 2.45) is 0 Å². The molecule has 1 amide bonds. The topological polar surface area (TPSA) is 92.8 Å². The summed E-state index contributed by atoms with van der Waals surface area (Å²) in [6.07, 6.45) is 0. The number of halogens is 3. The fraction of sp³-hybridized carbons (Fsp3) is 0.263. The first kappa shape index (κ1) is 24.1. The Morgan fingerprint density at radius 1 is 1.07 bits per heavy atom. The molecule has 162 valence electrons. The van der Waals surface area contributed by atoms with Crippen LogP contribution in [0.3, 0.4) is 0 Å². The van der Waals surface area contributed by atoms with Crippen LogP contribution in [0.25, 0.3) is 0 Å². The number of carbonyl (C=O) groups excluding carboxylic acids is 2. The highest BCUT2D eigenvalue weighted by Crippen LogP contribution is 2.26. The highest BCUT2D eigenvalue weighted by Gasteiger charge is 2.26. The number of nitrogens with one attached hydrogen (secondary N) is 1. The van der Waals surface area contributed by atoms with Gasteiger partial charge in [-0.2, -0.15) is 4.31 Å². The quantitative estimate of drug-likeness (QED) is 0.582. The number of anilines is 1. The lowest BCUT2D eigenvalue weighted by molar-refractivity contribution is -0.119. The second-order valence-electron chi connectivity index (χ2n) is 5.98. The lowest BCUT2D eigenvalue weighted by Crippen LogP contribution is -2.31. The highest BCUT2D eigenvalue weighted by molar-refractivity contribution is 7.89. The third kappa shape index (κ3) is 5.69. The van der Waals surface area contributed by atoms with Crippen LogP contribution in [-0.2, 0) is 19.6 Å². The van der Waals surface area contributed by atoms with Crippen LogP contribution in [0.4, 0.5) is 10.1 Å². The smallest absolute Gasteiger partial charge is 0.338 e. The first-order chi connectivity index (χ1) is 14.1. The summed E-state index contributed by atoms with van der Waals surface area (Å²) < 4.78 is 44.6. The van der Waals surface area contributed by atoms with Gasteiger partial charge in [-0.1, -0.05) is 37.0 Å². The van der Waals surface area contributed by atoms with Crippen LogP contribution < -0.4 is 5.32 Å². The fourth-order valence-electron chi connectivity index (χ4n) is 2.52. The van der Waals surface area contributed by atoms with Crippen LogP contribution in [0.5, 0.6) is 0 Å². The van der Waals surface area contributed by atoms with Gasteiger partial charge in [0.1, 0.15) is 10.7 Å². The monoisotopic (exact) mass is 476 g/mol. The number of carbonyl (C=O) groups is 2. The van der Waals surface area contributed by atoms with E-state index in [0.29, 0.717) is 0 Å². The third-order valence-electron chi connectivity index (χ3n) is 4.03. The van der Waals surface area contributed by atoms with E-state index in [-0.39, 0.29) is 39.3 Å². The maximum absolute atomic E-state index is 13.0. The molecule has 0 bridgehead atoms. The van der Waals surface area contributed by atoms with Gasteiger partial charge in [0, 0.05) is 13.1 Å². The lowest BCUT2D eigenvalue weighted by atomic mass is 10.2. The molecule has 0 saturated heterocycles. The minimum atomic E-state index is -3.90. The van der Waals surface area contributed by atoms with Crippen LogP contribution in [-0.4, -0.2) is 44.3 Å². The summed E-state index contributed by atoms with van der Waals surface area (Å²) in [5.41, 5.74) is 0.0657. The van der Waals surface area contributed by atoms with E-state index in [2.05, 4.69) is 5.32 Å². The second-order valence-corrected chi connectivity index (χ2v) is 8.70. The molecule has 7 nitrogen and oxygen atoms in total. The van der Waals surface area contributed by atoms with E-state index in [9.17, 15) is 22.4 Å². The van der Waals surface area contributed by atoms with Crippen LogP contribution >= 0.6 is 23.2 Å². The summed E-state index contributed by atoms with van der Waals surface area (Å²) in [4.78, 5) is 24.0. The summed E-state index contributed by atoms with van der Waals surface area (Å²) in [5.74, 6) is -2.19. The molecule has 0 aliphatic rings. The van der Waals surface area contributed by atoms with Crippen molar-refractivity contribution >= 4 is 50.8 Å². The standard InChI is InChI=1S/C19H19Cl2FN2O5S/c1-3-24(4-2)30(27,28)17-9-12(5-7-14(17)20)19(26)29-11-18(25)23-16-8-6-13(22)10-15(16)21/h5-10H,3-4,11H2,1-2H3,(H,23,25). The molecule has 1 N–H and O–H groups in total. The minimum Gasteiger partial charge on any atom is -0.452 e. The second kappa shape index (κ2) is 10.2. The first-order valence-corrected chi connectivity index (χ1v) is 11.0. The maximum atomic E-state index is 13.0. The van der Waals surface area contributed by atoms with Crippen molar-refractivity contribution in [2.75, 3.05) is 25.0 Å². The number of rotatable bonds is 8. The average Bonchev–Trinajstić information content (AvgIpc) is 2.69. The fourth-order valence-corrected chi connectivity index (χ4v) is 4.70. The molecular formula is C19H19Cl2FN2O5S. The Morgan fingerprint density at radius 2 is 1.73 bits per heavy atom. The van der Waals surface area contributed by atoms with Gasteiger partial charge in [-0.05, 0) is 36.4 Å². The van der Waals surface area contributed by atoms with Gasteiger partial charge in [-0.3, -0.25) is 4.79 Å². The van der Waals surface area contributed by atoms with Gasteiger partial charge in [0.25, 0.3) is 5.91 Å². The zero-order chi connectivity index (χ0) is 22.5. The summed E-state index contributed by atoms with van der Waals surface area (Å²) in [6.45, 7) is 3.16. The zero-order valence-corrected chi connectivity index (χ0v) is 18.4. The number of benzene rings is 2. The molecule has 0 aromatic heterocycles. The van der Waals surface area contributed by atoms with Crippen molar-refractivity contribution in [3.05, 3.63) is 57.8 Å². The Morgan fingerprint density at radius 3 is 2.33 bits per heavy atom. The lowest BCUT2D eigenvalue weighted by Gasteiger charge is -2.19. The van der Waals surface area contributed by atoms with Crippen molar-refractivity contribution in [2.45, 2.75) is 18.7 Å². The number of amides is 1. The van der Waals surface area contributed by atoms with Gasteiger partial charge in [0.15, 0.2) is 6.61 Å². The SMILES string of the molecule is CCN(CC)S(=O)(=O)c1cc(C(=O)OCC(=O)Nc2ccc(F)cc2Cl)ccc1Cl. The van der Waals surface area contributed by atoms with E-state index in [0.717, 1.165) is 18.2 Å². The van der Waals surface area contributed by atoms with Crippen molar-refractivity contribution in [3.63, 3.8) is 0 Å². The number of ether oxygens (including phenoxy) is 1. The Kier molecular flexibility index (Phi) is 8.19. The summed E-state index contributed by atoms with van der Waals surface area (Å²) in [5, 5.41) is 2.33. The summed E-state index contributed by atoms with van der Waals surface area (Å²) in [7, 11) is -3.90. The average molecular weight is 477 g/mol. The van der Waals surface area contributed by atoms with Crippen LogP contribution in [0.1, 0.15) is 24.2 Å². The van der Waals surface area contributed by atoms with Crippen LogP contribution in [0.2, 0.25) is 10.0 Å². The Hall–Kier alpha value is -2.20. The normalized spacial score (nSPS) is 11.4. The van der Waals surface area contributed by atoms with Gasteiger partial charge < -0.3 is 10.1 Å². The van der Waals surface area contributed by atoms with Gasteiger partial charge in [0.05, 0.1) is 21.3 Å². The van der Waals surface area contributed by atoms with Gasteiger partial charge in [-0.25, -0.2) is 17.6 Å². The molecule has 0 fully saturated rings. The molecule has 0 aliphatic carbocycles. The van der Waals surface area contributed by atoms with Gasteiger partial charge in [-0.15, -0.1) is 0 Å². The van der Waals surface area contributed by atoms with Crippen molar-refractivity contribution in [1.29, 1.82) is 0 Å². The molecule has 30 heavy (non-hydrogen) atoms. The first-order valence-electron chi connectivity index (χ1n) is 8.81. The number of nitrogens with zero attached hydrogens (tertiary/aromatic N) is 1. The van der Waals surface area contributed by atoms with Crippen molar-refractivity contribution in [3.8, 4) is 0 Å². The number of hydrogen-bond donors (Lipinski definition) is 1. The van der Waals surface area contributed by atoms with Crippen LogP contribution in [0.15, 0.2) is 41.3 Å². The maximum Gasteiger partial charge on any atom is 0.338 e. The third-order valence-corrected chi connectivity index (χ3v) is 6.87. The van der Waals surface area contributed by atoms with Crippen LogP contribution in [0, 0.1) is 5.82 Å². The van der Waals surface area contributed by atoms with E-state index in [1.54, 1.807) is 13.8 Å². The minimum absolute atomic E-state index is 0.0152.